The Morgan fingerprint density at radius 1 is 1.34 bits per heavy atom. The molecular formula is C20H23F3N2O3S. The number of halogens is 3. The van der Waals surface area contributed by atoms with Crippen LogP contribution in [0.4, 0.5) is 13.2 Å². The molecule has 0 aliphatic carbocycles. The van der Waals surface area contributed by atoms with E-state index >= 15 is 0 Å². The predicted octanol–water partition coefficient (Wildman–Crippen LogP) is 4.49. The minimum absolute atomic E-state index is 0.00781. The number of aromatic hydroxyl groups is 1. The Bertz CT molecular complexity index is 965. The fourth-order valence-electron chi connectivity index (χ4n) is 2.98. The van der Waals surface area contributed by atoms with Crippen molar-refractivity contribution in [2.24, 2.45) is 4.99 Å². The van der Waals surface area contributed by atoms with E-state index in [2.05, 4.69) is 4.99 Å². The van der Waals surface area contributed by atoms with E-state index in [9.17, 15) is 23.1 Å². The molecule has 2 aromatic rings. The van der Waals surface area contributed by atoms with Crippen molar-refractivity contribution < 1.29 is 27.8 Å². The van der Waals surface area contributed by atoms with Gasteiger partial charge in [-0.2, -0.15) is 18.2 Å². The van der Waals surface area contributed by atoms with Gasteiger partial charge in [0, 0.05) is 17.7 Å². The summed E-state index contributed by atoms with van der Waals surface area (Å²) >= 11 is 1.30. The summed E-state index contributed by atoms with van der Waals surface area (Å²) in [6.07, 6.45) is -0.844. The normalized spacial score (nSPS) is 18.4. The van der Waals surface area contributed by atoms with E-state index in [-0.39, 0.29) is 11.5 Å². The number of phenols is 1. The van der Waals surface area contributed by atoms with Crippen LogP contribution in [0.5, 0.6) is 5.75 Å². The summed E-state index contributed by atoms with van der Waals surface area (Å²) in [5.41, 5.74) is -1.67. The highest BCUT2D eigenvalue weighted by Gasteiger charge is 2.32. The van der Waals surface area contributed by atoms with E-state index in [1.54, 1.807) is 0 Å². The molecule has 1 amide bonds. The van der Waals surface area contributed by atoms with Crippen molar-refractivity contribution in [3.63, 3.8) is 0 Å². The molecule has 0 radical (unpaired) electrons. The van der Waals surface area contributed by atoms with E-state index in [0.717, 1.165) is 29.9 Å². The van der Waals surface area contributed by atoms with Gasteiger partial charge in [-0.25, -0.2) is 0 Å². The van der Waals surface area contributed by atoms with Gasteiger partial charge in [-0.05, 0) is 36.5 Å². The molecule has 1 aliphatic heterocycles. The number of alkyl halides is 3. The van der Waals surface area contributed by atoms with Gasteiger partial charge in [-0.1, -0.05) is 20.8 Å². The van der Waals surface area contributed by atoms with Crippen LogP contribution in [-0.2, 0) is 22.9 Å². The third-order valence-electron chi connectivity index (χ3n) is 4.64. The summed E-state index contributed by atoms with van der Waals surface area (Å²) in [5.74, 6) is -1.46. The molecule has 1 aliphatic rings. The SMILES string of the molecule is CC(C)(C)c1cn(CC2CCCO2)/c(=N/C(=O)c2cc(C(F)(F)F)ccc2O)s1. The topological polar surface area (TPSA) is 63.8 Å². The Morgan fingerprint density at radius 3 is 2.66 bits per heavy atom. The number of rotatable bonds is 3. The van der Waals surface area contributed by atoms with Gasteiger partial charge < -0.3 is 14.4 Å². The second-order valence-electron chi connectivity index (χ2n) is 8.06. The van der Waals surface area contributed by atoms with E-state index in [0.29, 0.717) is 24.0 Å². The van der Waals surface area contributed by atoms with Crippen LogP contribution in [0.3, 0.4) is 0 Å². The highest BCUT2D eigenvalue weighted by atomic mass is 32.1. The van der Waals surface area contributed by atoms with Crippen molar-refractivity contribution in [1.29, 1.82) is 0 Å². The fourth-order valence-corrected chi connectivity index (χ4v) is 4.04. The Hall–Kier alpha value is -2.13. The molecule has 2 heterocycles. The molecule has 0 saturated carbocycles. The zero-order valence-corrected chi connectivity index (χ0v) is 17.2. The van der Waals surface area contributed by atoms with Gasteiger partial charge in [-0.15, -0.1) is 11.3 Å². The lowest BCUT2D eigenvalue weighted by Crippen LogP contribution is -2.23. The van der Waals surface area contributed by atoms with Crippen LogP contribution in [0.15, 0.2) is 29.4 Å². The van der Waals surface area contributed by atoms with Crippen LogP contribution in [-0.4, -0.2) is 28.3 Å². The van der Waals surface area contributed by atoms with Crippen molar-refractivity contribution in [1.82, 2.24) is 4.57 Å². The van der Waals surface area contributed by atoms with Crippen LogP contribution in [0.25, 0.3) is 0 Å². The lowest BCUT2D eigenvalue weighted by molar-refractivity contribution is -0.137. The smallest absolute Gasteiger partial charge is 0.416 e. The standard InChI is InChI=1S/C20H23F3N2O3S/c1-19(2,3)16-11-25(10-13-5-4-8-28-13)18(29-16)24-17(27)14-9-12(20(21,22)23)6-7-15(14)26/h6-7,9,11,13,26H,4-5,8,10H2,1-3H3/b24-18-. The third-order valence-corrected chi connectivity index (χ3v) is 6.08. The van der Waals surface area contributed by atoms with Gasteiger partial charge >= 0.3 is 6.18 Å². The maximum atomic E-state index is 13.0. The van der Waals surface area contributed by atoms with Gasteiger partial charge in [-0.3, -0.25) is 4.79 Å². The number of carbonyl (C=O) groups is 1. The molecule has 9 heteroatoms. The van der Waals surface area contributed by atoms with Crippen molar-refractivity contribution in [2.75, 3.05) is 6.61 Å². The summed E-state index contributed by atoms with van der Waals surface area (Å²) in [7, 11) is 0. The average molecular weight is 428 g/mol. The fraction of sp³-hybridized carbons (Fsp3) is 0.500. The number of amides is 1. The van der Waals surface area contributed by atoms with E-state index in [1.165, 1.54) is 11.3 Å². The van der Waals surface area contributed by atoms with Crippen molar-refractivity contribution in [3.05, 3.63) is 45.2 Å². The number of phenolic OH excluding ortho intramolecular Hbond substituents is 1. The van der Waals surface area contributed by atoms with Crippen LogP contribution in [0.1, 0.15) is 54.4 Å². The molecule has 1 unspecified atom stereocenters. The van der Waals surface area contributed by atoms with Gasteiger partial charge in [0.15, 0.2) is 4.80 Å². The highest BCUT2D eigenvalue weighted by molar-refractivity contribution is 7.09. The maximum Gasteiger partial charge on any atom is 0.416 e. The van der Waals surface area contributed by atoms with Crippen molar-refractivity contribution in [3.8, 4) is 5.75 Å². The Labute approximate surface area is 170 Å². The molecule has 1 aromatic carbocycles. The number of ether oxygens (including phenoxy) is 1. The summed E-state index contributed by atoms with van der Waals surface area (Å²) in [6, 6.07) is 2.22. The molecule has 158 valence electrons. The zero-order chi connectivity index (χ0) is 21.4. The van der Waals surface area contributed by atoms with Gasteiger partial charge in [0.05, 0.1) is 23.8 Å². The lowest BCUT2D eigenvalue weighted by atomic mass is 9.95. The van der Waals surface area contributed by atoms with E-state index in [4.69, 9.17) is 4.74 Å². The van der Waals surface area contributed by atoms with Crippen LogP contribution in [0, 0.1) is 0 Å². The second kappa shape index (κ2) is 7.95. The molecule has 5 nitrogen and oxygen atoms in total. The Kier molecular flexibility index (Phi) is 5.91. The molecule has 29 heavy (non-hydrogen) atoms. The molecule has 1 N–H and O–H groups in total. The van der Waals surface area contributed by atoms with Gasteiger partial charge in [0.1, 0.15) is 5.75 Å². The molecule has 3 rings (SSSR count). The first kappa shape index (κ1) is 21.6. The van der Waals surface area contributed by atoms with Crippen LogP contribution in [0.2, 0.25) is 0 Å². The average Bonchev–Trinajstić information content (AvgIpc) is 3.24. The summed E-state index contributed by atoms with van der Waals surface area (Å²) < 4.78 is 46.4. The second-order valence-corrected chi connectivity index (χ2v) is 9.07. The minimum Gasteiger partial charge on any atom is -0.507 e. The van der Waals surface area contributed by atoms with Crippen molar-refractivity contribution in [2.45, 2.75) is 57.9 Å². The predicted molar refractivity (Wildman–Crippen MR) is 103 cm³/mol. The summed E-state index contributed by atoms with van der Waals surface area (Å²) in [4.78, 5) is 18.0. The molecule has 1 saturated heterocycles. The first-order chi connectivity index (χ1) is 13.4. The monoisotopic (exact) mass is 428 g/mol. The first-order valence-corrected chi connectivity index (χ1v) is 10.1. The lowest BCUT2D eigenvalue weighted by Gasteiger charge is -2.15. The van der Waals surface area contributed by atoms with E-state index in [1.807, 2.05) is 31.5 Å². The largest absolute Gasteiger partial charge is 0.507 e. The number of carbonyl (C=O) groups excluding carboxylic acids is 1. The first-order valence-electron chi connectivity index (χ1n) is 9.27. The van der Waals surface area contributed by atoms with Gasteiger partial charge in [0.2, 0.25) is 0 Å². The van der Waals surface area contributed by atoms with Gasteiger partial charge in [0.25, 0.3) is 5.91 Å². The minimum atomic E-state index is -4.62. The molecule has 1 aromatic heterocycles. The number of hydrogen-bond acceptors (Lipinski definition) is 4. The molecule has 0 spiro atoms. The summed E-state index contributed by atoms with van der Waals surface area (Å²) in [5, 5.41) is 9.91. The summed E-state index contributed by atoms with van der Waals surface area (Å²) in [6.45, 7) is 7.27. The number of aromatic nitrogens is 1. The number of hydrogen-bond donors (Lipinski definition) is 1. The number of nitrogens with zero attached hydrogens (tertiary/aromatic N) is 2. The molecular weight excluding hydrogens is 405 g/mol. The number of benzene rings is 1. The van der Waals surface area contributed by atoms with E-state index < -0.39 is 29.0 Å². The number of thiazole rings is 1. The Morgan fingerprint density at radius 2 is 2.07 bits per heavy atom. The zero-order valence-electron chi connectivity index (χ0n) is 16.4. The third kappa shape index (κ3) is 5.08. The quantitative estimate of drug-likeness (QED) is 0.783. The molecule has 1 atom stereocenters. The van der Waals surface area contributed by atoms with Crippen molar-refractivity contribution >= 4 is 17.2 Å². The van der Waals surface area contributed by atoms with Crippen LogP contribution < -0.4 is 4.80 Å². The maximum absolute atomic E-state index is 13.0. The molecule has 0 bridgehead atoms. The Balaban J connectivity index is 2.02. The molecule has 1 fully saturated rings. The highest BCUT2D eigenvalue weighted by Crippen LogP contribution is 2.32. The van der Waals surface area contributed by atoms with Crippen LogP contribution >= 0.6 is 11.3 Å².